The molecule has 0 atom stereocenters. The van der Waals surface area contributed by atoms with Crippen LogP contribution in [0.15, 0.2) is 24.4 Å². The van der Waals surface area contributed by atoms with Gasteiger partial charge in [0.25, 0.3) is 0 Å². The van der Waals surface area contributed by atoms with Crippen LogP contribution >= 0.6 is 0 Å². The highest BCUT2D eigenvalue weighted by atomic mass is 16.1. The maximum absolute atomic E-state index is 11.5. The molecule has 1 aromatic heterocycles. The normalized spacial score (nSPS) is 18.4. The summed E-state index contributed by atoms with van der Waals surface area (Å²) in [5.41, 5.74) is 0.976. The van der Waals surface area contributed by atoms with E-state index in [0.29, 0.717) is 0 Å². The van der Waals surface area contributed by atoms with Crippen LogP contribution in [0.2, 0.25) is 0 Å². The van der Waals surface area contributed by atoms with Gasteiger partial charge in [0.05, 0.1) is 5.69 Å². The van der Waals surface area contributed by atoms with Crippen LogP contribution in [0.25, 0.3) is 0 Å². The van der Waals surface area contributed by atoms with E-state index in [0.717, 1.165) is 38.2 Å². The van der Waals surface area contributed by atoms with Gasteiger partial charge >= 0.3 is 0 Å². The lowest BCUT2D eigenvalue weighted by Crippen LogP contribution is -2.40. The number of carbonyl (C=O) groups is 1. The second-order valence-corrected chi connectivity index (χ2v) is 5.67. The number of aldehydes is 1. The fourth-order valence-corrected chi connectivity index (χ4v) is 3.01. The Kier molecular flexibility index (Phi) is 5.08. The predicted octanol–water partition coefficient (Wildman–Crippen LogP) is 3.05. The van der Waals surface area contributed by atoms with Gasteiger partial charge in [-0.1, -0.05) is 32.3 Å². The summed E-state index contributed by atoms with van der Waals surface area (Å²) >= 11 is 0. The van der Waals surface area contributed by atoms with Gasteiger partial charge in [-0.2, -0.15) is 0 Å². The third-order valence-corrected chi connectivity index (χ3v) is 4.20. The van der Waals surface area contributed by atoms with E-state index in [1.165, 1.54) is 25.5 Å². The Hall–Kier alpha value is -1.22. The Balaban J connectivity index is 1.99. The van der Waals surface area contributed by atoms with Gasteiger partial charge in [-0.05, 0) is 31.5 Å². The molecule has 0 radical (unpaired) electrons. The molecule has 1 saturated carbocycles. The van der Waals surface area contributed by atoms with Crippen molar-refractivity contribution < 1.29 is 4.79 Å². The van der Waals surface area contributed by atoms with Gasteiger partial charge in [0.15, 0.2) is 0 Å². The zero-order valence-electron chi connectivity index (χ0n) is 11.8. The van der Waals surface area contributed by atoms with Crippen LogP contribution in [0, 0.1) is 5.41 Å². The molecule has 0 amide bonds. The molecule has 0 aliphatic heterocycles. The van der Waals surface area contributed by atoms with Crippen LogP contribution in [0.5, 0.6) is 0 Å². The Bertz CT molecular complexity index is 385. The highest BCUT2D eigenvalue weighted by Crippen LogP contribution is 2.35. The van der Waals surface area contributed by atoms with Gasteiger partial charge in [0, 0.05) is 24.7 Å². The summed E-state index contributed by atoms with van der Waals surface area (Å²) in [6.07, 6.45) is 8.82. The van der Waals surface area contributed by atoms with Crippen molar-refractivity contribution in [2.75, 3.05) is 13.1 Å². The summed E-state index contributed by atoms with van der Waals surface area (Å²) in [6.45, 7) is 4.84. The first-order valence-electron chi connectivity index (χ1n) is 7.36. The van der Waals surface area contributed by atoms with Crippen molar-refractivity contribution in [1.82, 2.24) is 9.88 Å². The maximum atomic E-state index is 11.5. The van der Waals surface area contributed by atoms with Crippen molar-refractivity contribution in [3.63, 3.8) is 0 Å². The molecule has 1 aromatic rings. The summed E-state index contributed by atoms with van der Waals surface area (Å²) in [6, 6.07) is 6.01. The Labute approximate surface area is 116 Å². The van der Waals surface area contributed by atoms with E-state index in [9.17, 15) is 4.79 Å². The molecule has 0 aromatic carbocycles. The van der Waals surface area contributed by atoms with Crippen LogP contribution in [0.1, 0.15) is 44.7 Å². The lowest BCUT2D eigenvalue weighted by atomic mass is 9.75. The number of pyridine rings is 1. The van der Waals surface area contributed by atoms with E-state index in [2.05, 4.69) is 22.9 Å². The van der Waals surface area contributed by atoms with Crippen LogP contribution in [0.3, 0.4) is 0 Å². The molecule has 0 spiro atoms. The summed E-state index contributed by atoms with van der Waals surface area (Å²) in [7, 11) is 0. The van der Waals surface area contributed by atoms with Gasteiger partial charge in [-0.15, -0.1) is 0 Å². The minimum absolute atomic E-state index is 0.108. The monoisotopic (exact) mass is 260 g/mol. The summed E-state index contributed by atoms with van der Waals surface area (Å²) < 4.78 is 0. The molecule has 1 heterocycles. The molecule has 0 N–H and O–H groups in total. The first-order chi connectivity index (χ1) is 9.28. The lowest BCUT2D eigenvalue weighted by Gasteiger charge is -2.36. The van der Waals surface area contributed by atoms with Crippen molar-refractivity contribution in [3.8, 4) is 0 Å². The van der Waals surface area contributed by atoms with E-state index in [-0.39, 0.29) is 5.41 Å². The highest BCUT2D eigenvalue weighted by molar-refractivity contribution is 5.60. The number of rotatable bonds is 6. The molecule has 0 unspecified atom stereocenters. The van der Waals surface area contributed by atoms with Gasteiger partial charge < -0.3 is 4.79 Å². The van der Waals surface area contributed by atoms with Crippen molar-refractivity contribution in [2.45, 2.75) is 45.6 Å². The summed E-state index contributed by atoms with van der Waals surface area (Å²) in [5, 5.41) is 0. The second-order valence-electron chi connectivity index (χ2n) is 5.67. The molecule has 2 rings (SSSR count). The van der Waals surface area contributed by atoms with Crippen molar-refractivity contribution in [3.05, 3.63) is 30.1 Å². The Morgan fingerprint density at radius 3 is 2.68 bits per heavy atom. The lowest BCUT2D eigenvalue weighted by molar-refractivity contribution is -0.119. The second kappa shape index (κ2) is 6.80. The maximum Gasteiger partial charge on any atom is 0.127 e. The number of aromatic nitrogens is 1. The van der Waals surface area contributed by atoms with Crippen LogP contribution in [-0.4, -0.2) is 29.3 Å². The smallest absolute Gasteiger partial charge is 0.127 e. The standard InChI is InChI=1S/C16H24N2O/c1-2-18(12-15-8-4-7-11-17-15)13-16(14-19)9-5-3-6-10-16/h4,7-8,11,14H,2-3,5-6,9-10,12-13H2,1H3. The average Bonchev–Trinajstić information content (AvgIpc) is 2.48. The fraction of sp³-hybridized carbons (Fsp3) is 0.625. The minimum atomic E-state index is -0.108. The molecule has 3 nitrogen and oxygen atoms in total. The SMILES string of the molecule is CCN(Cc1ccccn1)CC1(C=O)CCCCC1. The first-order valence-corrected chi connectivity index (χ1v) is 7.36. The summed E-state index contributed by atoms with van der Waals surface area (Å²) in [4.78, 5) is 18.3. The van der Waals surface area contributed by atoms with Crippen LogP contribution in [0.4, 0.5) is 0 Å². The summed E-state index contributed by atoms with van der Waals surface area (Å²) in [5.74, 6) is 0. The zero-order chi connectivity index (χ0) is 13.6. The largest absolute Gasteiger partial charge is 0.303 e. The molecule has 1 fully saturated rings. The zero-order valence-corrected chi connectivity index (χ0v) is 11.8. The number of nitrogens with zero attached hydrogens (tertiary/aromatic N) is 2. The fourth-order valence-electron chi connectivity index (χ4n) is 3.01. The van der Waals surface area contributed by atoms with Crippen molar-refractivity contribution in [1.29, 1.82) is 0 Å². The van der Waals surface area contributed by atoms with Gasteiger partial charge in [0.1, 0.15) is 6.29 Å². The third kappa shape index (κ3) is 3.87. The third-order valence-electron chi connectivity index (χ3n) is 4.20. The van der Waals surface area contributed by atoms with Crippen LogP contribution < -0.4 is 0 Å². The van der Waals surface area contributed by atoms with E-state index in [4.69, 9.17) is 0 Å². The minimum Gasteiger partial charge on any atom is -0.303 e. The molecule has 104 valence electrons. The van der Waals surface area contributed by atoms with Gasteiger partial charge in [-0.3, -0.25) is 9.88 Å². The predicted molar refractivity (Wildman–Crippen MR) is 76.8 cm³/mol. The molecular weight excluding hydrogens is 236 g/mol. The average molecular weight is 260 g/mol. The first kappa shape index (κ1) is 14.2. The van der Waals surface area contributed by atoms with E-state index < -0.39 is 0 Å². The number of carbonyl (C=O) groups excluding carboxylic acids is 1. The molecule has 1 aliphatic rings. The molecule has 19 heavy (non-hydrogen) atoms. The van der Waals surface area contributed by atoms with E-state index in [1.54, 1.807) is 0 Å². The highest BCUT2D eigenvalue weighted by Gasteiger charge is 2.33. The van der Waals surface area contributed by atoms with Gasteiger partial charge in [-0.25, -0.2) is 0 Å². The Morgan fingerprint density at radius 1 is 1.32 bits per heavy atom. The molecule has 0 bridgehead atoms. The molecule has 0 saturated heterocycles. The van der Waals surface area contributed by atoms with Crippen molar-refractivity contribution in [2.24, 2.45) is 5.41 Å². The molecule has 1 aliphatic carbocycles. The van der Waals surface area contributed by atoms with Gasteiger partial charge in [0.2, 0.25) is 0 Å². The Morgan fingerprint density at radius 2 is 2.11 bits per heavy atom. The van der Waals surface area contributed by atoms with Crippen LogP contribution in [-0.2, 0) is 11.3 Å². The quantitative estimate of drug-likeness (QED) is 0.737. The topological polar surface area (TPSA) is 33.2 Å². The van der Waals surface area contributed by atoms with Crippen molar-refractivity contribution >= 4 is 6.29 Å². The molecular formula is C16H24N2O. The number of hydrogen-bond acceptors (Lipinski definition) is 3. The number of hydrogen-bond donors (Lipinski definition) is 0. The molecule has 3 heteroatoms. The van der Waals surface area contributed by atoms with E-state index >= 15 is 0 Å². The van der Waals surface area contributed by atoms with E-state index in [1.807, 2.05) is 18.3 Å².